The van der Waals surface area contributed by atoms with Crippen LogP contribution in [0.25, 0.3) is 0 Å². The first-order valence-electron chi connectivity index (χ1n) is 6.10. The molecule has 1 saturated heterocycles. The highest BCUT2D eigenvalue weighted by molar-refractivity contribution is 5.94. The van der Waals surface area contributed by atoms with E-state index in [1.807, 2.05) is 6.92 Å². The average molecular weight is 309 g/mol. The van der Waals surface area contributed by atoms with Gasteiger partial charge in [0.1, 0.15) is 0 Å². The van der Waals surface area contributed by atoms with Crippen LogP contribution in [0.1, 0.15) is 23.7 Å². The summed E-state index contributed by atoms with van der Waals surface area (Å²) in [4.78, 5) is 13.5. The van der Waals surface area contributed by atoms with E-state index in [9.17, 15) is 18.0 Å². The molecule has 0 aliphatic carbocycles. The lowest BCUT2D eigenvalue weighted by atomic mass is 10.0. The molecule has 1 fully saturated rings. The molecule has 2 N–H and O–H groups in total. The lowest BCUT2D eigenvalue weighted by Gasteiger charge is -2.18. The minimum Gasteiger partial charge on any atom is -0.338 e. The van der Waals surface area contributed by atoms with Crippen LogP contribution in [0.2, 0.25) is 0 Å². The maximum atomic E-state index is 13.5. The second-order valence-electron chi connectivity index (χ2n) is 4.88. The van der Waals surface area contributed by atoms with E-state index >= 15 is 0 Å². The van der Waals surface area contributed by atoms with Crippen molar-refractivity contribution in [3.63, 3.8) is 0 Å². The number of likely N-dealkylation sites (tertiary alicyclic amines) is 1. The third-order valence-electron chi connectivity index (χ3n) is 3.52. The molecule has 2 unspecified atom stereocenters. The predicted molar refractivity (Wildman–Crippen MR) is 71.2 cm³/mol. The van der Waals surface area contributed by atoms with Crippen molar-refractivity contribution in [2.75, 3.05) is 13.1 Å². The lowest BCUT2D eigenvalue weighted by molar-refractivity contribution is 0.0780. The fourth-order valence-corrected chi connectivity index (χ4v) is 2.26. The van der Waals surface area contributed by atoms with Gasteiger partial charge >= 0.3 is 0 Å². The van der Waals surface area contributed by atoms with Crippen LogP contribution in [0.5, 0.6) is 0 Å². The summed E-state index contributed by atoms with van der Waals surface area (Å²) >= 11 is 0. The molecule has 112 valence electrons. The standard InChI is InChI=1S/C13H15F3N2O.ClH/c1-7(17)8-4-5-18(6-8)13(19)9-2-3-10(14)12(16)11(9)15;/h2-3,7-8H,4-6,17H2,1H3;1H. The number of benzene rings is 1. The molecule has 20 heavy (non-hydrogen) atoms. The molecule has 0 radical (unpaired) electrons. The van der Waals surface area contributed by atoms with Crippen LogP contribution in [0.4, 0.5) is 13.2 Å². The van der Waals surface area contributed by atoms with E-state index < -0.39 is 28.9 Å². The van der Waals surface area contributed by atoms with Crippen LogP contribution in [0, 0.1) is 23.4 Å². The van der Waals surface area contributed by atoms with Crippen LogP contribution >= 0.6 is 12.4 Å². The summed E-state index contributed by atoms with van der Waals surface area (Å²) in [6, 6.07) is 1.66. The van der Waals surface area contributed by atoms with E-state index in [-0.39, 0.29) is 24.4 Å². The fraction of sp³-hybridized carbons (Fsp3) is 0.462. The Bertz CT molecular complexity index is 511. The van der Waals surface area contributed by atoms with Gasteiger partial charge in [-0.05, 0) is 31.4 Å². The fourth-order valence-electron chi connectivity index (χ4n) is 2.26. The van der Waals surface area contributed by atoms with E-state index in [2.05, 4.69) is 0 Å². The molecule has 0 saturated carbocycles. The zero-order chi connectivity index (χ0) is 14.2. The van der Waals surface area contributed by atoms with Crippen molar-refractivity contribution >= 4 is 18.3 Å². The van der Waals surface area contributed by atoms with E-state index in [1.54, 1.807) is 0 Å². The van der Waals surface area contributed by atoms with E-state index in [0.717, 1.165) is 18.6 Å². The number of hydrogen-bond donors (Lipinski definition) is 1. The van der Waals surface area contributed by atoms with Crippen molar-refractivity contribution in [1.29, 1.82) is 0 Å². The highest BCUT2D eigenvalue weighted by Crippen LogP contribution is 2.23. The van der Waals surface area contributed by atoms with Crippen LogP contribution in [0.15, 0.2) is 12.1 Å². The number of halogens is 4. The van der Waals surface area contributed by atoms with E-state index in [4.69, 9.17) is 5.73 Å². The summed E-state index contributed by atoms with van der Waals surface area (Å²) in [6.07, 6.45) is 0.731. The third kappa shape index (κ3) is 3.07. The number of rotatable bonds is 2. The summed E-state index contributed by atoms with van der Waals surface area (Å²) in [7, 11) is 0. The predicted octanol–water partition coefficient (Wildman–Crippen LogP) is 2.34. The Labute approximate surface area is 121 Å². The molecule has 1 aliphatic heterocycles. The first kappa shape index (κ1) is 16.8. The summed E-state index contributed by atoms with van der Waals surface area (Å²) in [6.45, 7) is 2.70. The highest BCUT2D eigenvalue weighted by atomic mass is 35.5. The third-order valence-corrected chi connectivity index (χ3v) is 3.52. The quantitative estimate of drug-likeness (QED) is 0.852. The van der Waals surface area contributed by atoms with Crippen molar-refractivity contribution in [1.82, 2.24) is 4.90 Å². The second kappa shape index (κ2) is 6.45. The molecule has 0 bridgehead atoms. The Morgan fingerprint density at radius 1 is 1.35 bits per heavy atom. The SMILES string of the molecule is CC(N)C1CCN(C(=O)c2ccc(F)c(F)c2F)C1.Cl. The minimum absolute atomic E-state index is 0. The Balaban J connectivity index is 0.00000200. The molecule has 1 aromatic rings. The van der Waals surface area contributed by atoms with Gasteiger partial charge in [-0.3, -0.25) is 4.79 Å². The zero-order valence-electron chi connectivity index (χ0n) is 10.9. The molecule has 3 nitrogen and oxygen atoms in total. The molecule has 2 rings (SSSR count). The Hall–Kier alpha value is -1.27. The number of carbonyl (C=O) groups excluding carboxylic acids is 1. The smallest absolute Gasteiger partial charge is 0.256 e. The average Bonchev–Trinajstić information content (AvgIpc) is 2.85. The van der Waals surface area contributed by atoms with Gasteiger partial charge in [0.25, 0.3) is 5.91 Å². The first-order chi connectivity index (χ1) is 8.91. The van der Waals surface area contributed by atoms with Gasteiger partial charge < -0.3 is 10.6 Å². The molecule has 7 heteroatoms. The van der Waals surface area contributed by atoms with Crippen molar-refractivity contribution < 1.29 is 18.0 Å². The van der Waals surface area contributed by atoms with Gasteiger partial charge in [-0.1, -0.05) is 0 Å². The second-order valence-corrected chi connectivity index (χ2v) is 4.88. The van der Waals surface area contributed by atoms with Crippen LogP contribution in [0.3, 0.4) is 0 Å². The van der Waals surface area contributed by atoms with Crippen LogP contribution in [-0.4, -0.2) is 29.9 Å². The van der Waals surface area contributed by atoms with Crippen LogP contribution < -0.4 is 5.73 Å². The summed E-state index contributed by atoms with van der Waals surface area (Å²) < 4.78 is 39.4. The largest absolute Gasteiger partial charge is 0.338 e. The topological polar surface area (TPSA) is 46.3 Å². The molecule has 1 aliphatic rings. The van der Waals surface area contributed by atoms with Gasteiger partial charge in [0.2, 0.25) is 0 Å². The summed E-state index contributed by atoms with van der Waals surface area (Å²) in [5.41, 5.74) is 5.31. The molecular weight excluding hydrogens is 293 g/mol. The summed E-state index contributed by atoms with van der Waals surface area (Å²) in [5, 5.41) is 0. The Kier molecular flexibility index (Phi) is 5.42. The normalized spacial score (nSPS) is 19.6. The molecule has 1 amide bonds. The van der Waals surface area contributed by atoms with Crippen LogP contribution in [-0.2, 0) is 0 Å². The van der Waals surface area contributed by atoms with Gasteiger partial charge in [-0.15, -0.1) is 12.4 Å². The maximum absolute atomic E-state index is 13.5. The summed E-state index contributed by atoms with van der Waals surface area (Å²) in [5.74, 6) is -4.83. The number of nitrogens with zero attached hydrogens (tertiary/aromatic N) is 1. The maximum Gasteiger partial charge on any atom is 0.256 e. The first-order valence-corrected chi connectivity index (χ1v) is 6.10. The molecule has 1 heterocycles. The van der Waals surface area contributed by atoms with Crippen molar-refractivity contribution in [2.45, 2.75) is 19.4 Å². The van der Waals surface area contributed by atoms with Gasteiger partial charge in [-0.25, -0.2) is 13.2 Å². The van der Waals surface area contributed by atoms with Gasteiger partial charge in [0, 0.05) is 19.1 Å². The van der Waals surface area contributed by atoms with Crippen molar-refractivity contribution in [3.8, 4) is 0 Å². The van der Waals surface area contributed by atoms with Gasteiger partial charge in [-0.2, -0.15) is 0 Å². The van der Waals surface area contributed by atoms with Crippen molar-refractivity contribution in [2.24, 2.45) is 11.7 Å². The molecule has 0 aromatic heterocycles. The number of amides is 1. The zero-order valence-corrected chi connectivity index (χ0v) is 11.7. The van der Waals surface area contributed by atoms with Crippen molar-refractivity contribution in [3.05, 3.63) is 35.1 Å². The van der Waals surface area contributed by atoms with Gasteiger partial charge in [0.15, 0.2) is 17.5 Å². The molecule has 1 aromatic carbocycles. The number of hydrogen-bond acceptors (Lipinski definition) is 2. The Morgan fingerprint density at radius 3 is 2.55 bits per heavy atom. The monoisotopic (exact) mass is 308 g/mol. The lowest BCUT2D eigenvalue weighted by Crippen LogP contribution is -2.33. The highest BCUT2D eigenvalue weighted by Gasteiger charge is 2.31. The van der Waals surface area contributed by atoms with E-state index in [1.165, 1.54) is 4.90 Å². The number of carbonyl (C=O) groups is 1. The van der Waals surface area contributed by atoms with E-state index in [0.29, 0.717) is 13.1 Å². The Morgan fingerprint density at radius 2 is 2.00 bits per heavy atom. The number of nitrogens with two attached hydrogens (primary N) is 1. The van der Waals surface area contributed by atoms with Gasteiger partial charge in [0.05, 0.1) is 5.56 Å². The minimum atomic E-state index is -1.62. The molecule has 2 atom stereocenters. The molecule has 0 spiro atoms. The molecular formula is C13H16ClF3N2O.